The molecule has 3 rings (SSSR count). The first-order chi connectivity index (χ1) is 14.7. The number of aromatic nitrogens is 1. The number of alkyl halides is 1. The zero-order valence-corrected chi connectivity index (χ0v) is 21.5. The lowest BCUT2D eigenvalue weighted by Crippen LogP contribution is -2.51. The summed E-state index contributed by atoms with van der Waals surface area (Å²) >= 11 is 6.23. The number of nitrogens with two attached hydrogens (primary N) is 1. The molecule has 1 aliphatic heterocycles. The van der Waals surface area contributed by atoms with Crippen LogP contribution in [0.4, 0.5) is 0 Å². The normalized spacial score (nSPS) is 21.9. The molecule has 1 amide bonds. The highest BCUT2D eigenvalue weighted by Crippen LogP contribution is 2.41. The predicted octanol–water partition coefficient (Wildman–Crippen LogP) is 2.30. The van der Waals surface area contributed by atoms with E-state index in [9.17, 15) is 4.79 Å². The highest BCUT2D eigenvalue weighted by atomic mass is 35.5. The first-order valence-corrected chi connectivity index (χ1v) is 11.8. The van der Waals surface area contributed by atoms with Crippen molar-refractivity contribution in [2.24, 2.45) is 23.0 Å². The minimum atomic E-state index is -0.478. The van der Waals surface area contributed by atoms with E-state index >= 15 is 0 Å². The van der Waals surface area contributed by atoms with Gasteiger partial charge in [-0.1, -0.05) is 59.4 Å². The van der Waals surface area contributed by atoms with Gasteiger partial charge in [-0.3, -0.25) is 9.78 Å². The van der Waals surface area contributed by atoms with Crippen LogP contribution in [0.15, 0.2) is 42.1 Å². The fourth-order valence-corrected chi connectivity index (χ4v) is 5.11. The standard InChI is InChI=1S/C25H37ClN4O.CH4.3H2O/c1-17(2)22(29-14-19-6-5-12-28-23(19)24(27)31)15-30-13-11-21(25(3,4)16-30)18-7-9-20(26)10-8-18;;;;/h5-9,12,17,20-22,29H,10-11,13-16H2,1-4H3,(H2,27,31);1H4;3*1H2/t20?,21-,22+;;;;/m1..../s1. The number of pyridine rings is 1. The summed E-state index contributed by atoms with van der Waals surface area (Å²) in [5.74, 6) is 0.566. The number of carbonyl (C=O) groups is 1. The Balaban J connectivity index is 0. The summed E-state index contributed by atoms with van der Waals surface area (Å²) in [5.41, 5.74) is 8.36. The minimum Gasteiger partial charge on any atom is -0.412 e. The molecule has 1 aliphatic carbocycles. The maximum atomic E-state index is 11.7. The number of primary amides is 1. The van der Waals surface area contributed by atoms with Gasteiger partial charge in [-0.05, 0) is 53.8 Å². The third-order valence-electron chi connectivity index (χ3n) is 6.73. The van der Waals surface area contributed by atoms with E-state index in [1.54, 1.807) is 6.20 Å². The largest absolute Gasteiger partial charge is 0.412 e. The fourth-order valence-electron chi connectivity index (χ4n) is 4.94. The first-order valence-electron chi connectivity index (χ1n) is 11.4. The second kappa shape index (κ2) is 15.3. The molecule has 0 aromatic carbocycles. The number of piperidine rings is 1. The molecule has 1 saturated heterocycles. The van der Waals surface area contributed by atoms with E-state index < -0.39 is 5.91 Å². The summed E-state index contributed by atoms with van der Waals surface area (Å²) in [6.07, 6.45) is 10.4. The fraction of sp³-hybridized carbons (Fsp3) is 0.615. The Morgan fingerprint density at radius 1 is 1.31 bits per heavy atom. The molecular formula is C26H47ClN4O4. The predicted molar refractivity (Wildman–Crippen MR) is 146 cm³/mol. The summed E-state index contributed by atoms with van der Waals surface area (Å²) in [4.78, 5) is 18.4. The third kappa shape index (κ3) is 9.29. The number of halogens is 1. The minimum absolute atomic E-state index is 0. The Hall–Kier alpha value is -1.81. The van der Waals surface area contributed by atoms with E-state index in [1.165, 1.54) is 5.57 Å². The number of nitrogens with zero attached hydrogens (tertiary/aromatic N) is 2. The molecule has 1 fully saturated rings. The van der Waals surface area contributed by atoms with Gasteiger partial charge < -0.3 is 32.4 Å². The van der Waals surface area contributed by atoms with Crippen molar-refractivity contribution in [1.82, 2.24) is 15.2 Å². The van der Waals surface area contributed by atoms with E-state index in [-0.39, 0.29) is 34.6 Å². The summed E-state index contributed by atoms with van der Waals surface area (Å²) in [6.45, 7) is 13.0. The van der Waals surface area contributed by atoms with Crippen LogP contribution in [0.3, 0.4) is 0 Å². The average Bonchev–Trinajstić information content (AvgIpc) is 2.71. The highest BCUT2D eigenvalue weighted by molar-refractivity contribution is 6.22. The van der Waals surface area contributed by atoms with Crippen LogP contribution in [-0.4, -0.2) is 63.3 Å². The van der Waals surface area contributed by atoms with Gasteiger partial charge >= 0.3 is 0 Å². The second-order valence-corrected chi connectivity index (χ2v) is 10.5. The van der Waals surface area contributed by atoms with Gasteiger partial charge in [0.15, 0.2) is 0 Å². The van der Waals surface area contributed by atoms with Crippen molar-refractivity contribution in [3.8, 4) is 0 Å². The highest BCUT2D eigenvalue weighted by Gasteiger charge is 2.38. The van der Waals surface area contributed by atoms with E-state index in [0.29, 0.717) is 30.1 Å². The van der Waals surface area contributed by atoms with Crippen LogP contribution in [-0.2, 0) is 6.54 Å². The molecule has 0 radical (unpaired) electrons. The molecule has 1 unspecified atom stereocenters. The van der Waals surface area contributed by atoms with Crippen LogP contribution in [0, 0.1) is 17.3 Å². The molecule has 35 heavy (non-hydrogen) atoms. The summed E-state index contributed by atoms with van der Waals surface area (Å²) in [5, 5.41) is 3.80. The molecule has 9 heteroatoms. The molecule has 3 atom stereocenters. The number of likely N-dealkylation sites (tertiary alicyclic amines) is 1. The first kappa shape index (κ1) is 35.4. The van der Waals surface area contributed by atoms with Crippen LogP contribution in [0.2, 0.25) is 0 Å². The second-order valence-electron chi connectivity index (χ2n) is 9.99. The van der Waals surface area contributed by atoms with Gasteiger partial charge in [0.1, 0.15) is 5.69 Å². The number of nitrogens with one attached hydrogen (secondary N) is 1. The number of hydrogen-bond acceptors (Lipinski definition) is 4. The molecule has 0 spiro atoms. The van der Waals surface area contributed by atoms with Gasteiger partial charge in [0.25, 0.3) is 5.91 Å². The number of hydrogen-bond donors (Lipinski definition) is 2. The van der Waals surface area contributed by atoms with Crippen molar-refractivity contribution in [3.05, 3.63) is 53.4 Å². The lowest BCUT2D eigenvalue weighted by molar-refractivity contribution is 0.0630. The number of allylic oxidation sites excluding steroid dienone is 4. The van der Waals surface area contributed by atoms with Crippen LogP contribution < -0.4 is 11.1 Å². The Labute approximate surface area is 215 Å². The van der Waals surface area contributed by atoms with Gasteiger partial charge in [0.2, 0.25) is 0 Å². The van der Waals surface area contributed by atoms with Crippen molar-refractivity contribution in [3.63, 3.8) is 0 Å². The van der Waals surface area contributed by atoms with E-state index in [2.05, 4.69) is 61.1 Å². The van der Waals surface area contributed by atoms with Crippen LogP contribution >= 0.6 is 11.6 Å². The Morgan fingerprint density at radius 2 is 2.00 bits per heavy atom. The topological polar surface area (TPSA) is 166 Å². The Kier molecular flexibility index (Phi) is 15.5. The van der Waals surface area contributed by atoms with Crippen molar-refractivity contribution in [2.75, 3.05) is 19.6 Å². The molecule has 2 aliphatic rings. The van der Waals surface area contributed by atoms with E-state index in [4.69, 9.17) is 17.3 Å². The van der Waals surface area contributed by atoms with Crippen molar-refractivity contribution < 1.29 is 21.2 Å². The van der Waals surface area contributed by atoms with Gasteiger partial charge in [-0.2, -0.15) is 0 Å². The van der Waals surface area contributed by atoms with Crippen LogP contribution in [0.5, 0.6) is 0 Å². The van der Waals surface area contributed by atoms with Gasteiger partial charge in [-0.15, -0.1) is 11.6 Å². The lowest BCUT2D eigenvalue weighted by atomic mass is 9.69. The van der Waals surface area contributed by atoms with Crippen LogP contribution in [0.25, 0.3) is 0 Å². The summed E-state index contributed by atoms with van der Waals surface area (Å²) < 4.78 is 0. The molecule has 8 nitrogen and oxygen atoms in total. The lowest BCUT2D eigenvalue weighted by Gasteiger charge is -2.46. The molecule has 0 saturated carbocycles. The molecule has 1 aromatic rings. The SMILES string of the molecule is C.CC(C)[C@H](CN1CC[C@H](C2=CCC(Cl)C=C2)C(C)(C)C1)NCc1cccnc1C(N)=O.O.O.O. The molecule has 0 bridgehead atoms. The Morgan fingerprint density at radius 3 is 2.54 bits per heavy atom. The van der Waals surface area contributed by atoms with Gasteiger partial charge in [0.05, 0.1) is 5.38 Å². The quantitative estimate of drug-likeness (QED) is 0.508. The van der Waals surface area contributed by atoms with Crippen molar-refractivity contribution in [1.29, 1.82) is 0 Å². The number of amides is 1. The monoisotopic (exact) mass is 514 g/mol. The maximum Gasteiger partial charge on any atom is 0.267 e. The Bertz CT molecular complexity index is 844. The molecule has 2 heterocycles. The number of carbonyl (C=O) groups excluding carboxylic acids is 1. The molecular weight excluding hydrogens is 468 g/mol. The van der Waals surface area contributed by atoms with Crippen LogP contribution in [0.1, 0.15) is 64.0 Å². The van der Waals surface area contributed by atoms with Crippen molar-refractivity contribution in [2.45, 2.75) is 65.9 Å². The maximum absolute atomic E-state index is 11.7. The van der Waals surface area contributed by atoms with Crippen molar-refractivity contribution >= 4 is 17.5 Å². The van der Waals surface area contributed by atoms with E-state index in [0.717, 1.165) is 38.0 Å². The summed E-state index contributed by atoms with van der Waals surface area (Å²) in [7, 11) is 0. The molecule has 9 N–H and O–H groups in total. The summed E-state index contributed by atoms with van der Waals surface area (Å²) in [6, 6.07) is 4.09. The van der Waals surface area contributed by atoms with Gasteiger partial charge in [0, 0.05) is 31.9 Å². The zero-order chi connectivity index (χ0) is 22.6. The number of rotatable bonds is 8. The average molecular weight is 515 g/mol. The zero-order valence-electron chi connectivity index (χ0n) is 20.8. The third-order valence-corrected chi connectivity index (χ3v) is 7.05. The van der Waals surface area contributed by atoms with E-state index in [1.807, 2.05) is 12.1 Å². The smallest absolute Gasteiger partial charge is 0.267 e. The molecule has 1 aromatic heterocycles. The van der Waals surface area contributed by atoms with Gasteiger partial charge in [-0.25, -0.2) is 0 Å². The molecule has 202 valence electrons.